The molecule has 6 rings (SSSR count). The third-order valence-electron chi connectivity index (χ3n) is 7.51. The minimum atomic E-state index is -0.250. The monoisotopic (exact) mass is 664 g/mol. The molecular weight excluding hydrogens is 623 g/mol. The minimum Gasteiger partial charge on any atom is -0.382 e. The van der Waals surface area contributed by atoms with E-state index in [-0.39, 0.29) is 6.73 Å². The Kier molecular flexibility index (Phi) is 17.3. The van der Waals surface area contributed by atoms with E-state index >= 15 is 0 Å². The van der Waals surface area contributed by atoms with Crippen LogP contribution in [0.4, 0.5) is 0 Å². The SMILES string of the molecule is C#C.C#C.C[C@H]1CCCN1C(=O)CC1CCOCC1.Clc1[nH]cnc1-c1ccc(-c2ccc(-c3nc[nH]c3Cl)cc2)cc1.NCO. The number of ether oxygens (including phenoxy) is 1. The first-order valence-electron chi connectivity index (χ1n) is 14.8. The van der Waals surface area contributed by atoms with Gasteiger partial charge in [0.25, 0.3) is 0 Å². The fraction of sp³-hybridized carbons (Fsp3) is 0.343. The molecule has 4 aromatic rings. The molecule has 2 aromatic heterocycles. The molecule has 5 N–H and O–H groups in total. The maximum absolute atomic E-state index is 12.0. The average Bonchev–Trinajstić information content (AvgIpc) is 3.85. The second kappa shape index (κ2) is 20.8. The van der Waals surface area contributed by atoms with Gasteiger partial charge >= 0.3 is 0 Å². The van der Waals surface area contributed by atoms with Crippen molar-refractivity contribution in [2.45, 2.75) is 45.1 Å². The number of hydrogen-bond acceptors (Lipinski definition) is 6. The summed E-state index contributed by atoms with van der Waals surface area (Å²) in [5.74, 6) is 0.936. The van der Waals surface area contributed by atoms with Crippen LogP contribution in [0, 0.1) is 31.6 Å². The number of carbonyl (C=O) groups excluding carboxylic acids is 1. The molecule has 11 heteroatoms. The Hall–Kier alpha value is -4.09. The predicted octanol–water partition coefficient (Wildman–Crippen LogP) is 6.65. The fourth-order valence-corrected chi connectivity index (χ4v) is 5.63. The van der Waals surface area contributed by atoms with E-state index in [0.717, 1.165) is 72.7 Å². The molecule has 9 nitrogen and oxygen atoms in total. The van der Waals surface area contributed by atoms with E-state index in [1.807, 2.05) is 24.3 Å². The highest BCUT2D eigenvalue weighted by atomic mass is 35.5. The third kappa shape index (κ3) is 11.1. The maximum atomic E-state index is 12.0. The summed E-state index contributed by atoms with van der Waals surface area (Å²) in [6.07, 6.45) is 24.4. The summed E-state index contributed by atoms with van der Waals surface area (Å²) in [5, 5.41) is 8.44. The lowest BCUT2D eigenvalue weighted by Crippen LogP contribution is -2.35. The van der Waals surface area contributed by atoms with Gasteiger partial charge in [0.2, 0.25) is 5.91 Å². The van der Waals surface area contributed by atoms with Crippen LogP contribution in [0.15, 0.2) is 61.2 Å². The number of nitrogens with zero attached hydrogens (tertiary/aromatic N) is 3. The number of terminal acetylenes is 2. The van der Waals surface area contributed by atoms with Gasteiger partial charge in [-0.2, -0.15) is 0 Å². The molecule has 2 aromatic carbocycles. The van der Waals surface area contributed by atoms with Gasteiger partial charge in [-0.05, 0) is 49.7 Å². The molecule has 244 valence electrons. The molecule has 46 heavy (non-hydrogen) atoms. The summed E-state index contributed by atoms with van der Waals surface area (Å²) in [6, 6.07) is 16.7. The normalized spacial score (nSPS) is 15.4. The zero-order chi connectivity index (χ0) is 33.9. The van der Waals surface area contributed by atoms with Crippen molar-refractivity contribution in [1.29, 1.82) is 0 Å². The Labute approximate surface area is 281 Å². The highest BCUT2D eigenvalue weighted by Crippen LogP contribution is 2.30. The zero-order valence-corrected chi connectivity index (χ0v) is 27.6. The van der Waals surface area contributed by atoms with E-state index in [4.69, 9.17) is 33.0 Å². The van der Waals surface area contributed by atoms with Gasteiger partial charge in [-0.1, -0.05) is 71.7 Å². The minimum absolute atomic E-state index is 0.250. The largest absolute Gasteiger partial charge is 0.382 e. The van der Waals surface area contributed by atoms with Crippen molar-refractivity contribution in [1.82, 2.24) is 24.8 Å². The number of imidazole rings is 2. The van der Waals surface area contributed by atoms with Crippen molar-refractivity contribution < 1.29 is 14.6 Å². The van der Waals surface area contributed by atoms with Gasteiger partial charge in [-0.3, -0.25) is 4.79 Å². The molecule has 0 spiro atoms. The second-order valence-electron chi connectivity index (χ2n) is 10.3. The number of likely N-dealkylation sites (tertiary alicyclic amines) is 1. The number of H-pyrrole nitrogens is 2. The molecule has 4 heterocycles. The lowest BCUT2D eigenvalue weighted by molar-refractivity contribution is -0.133. The van der Waals surface area contributed by atoms with Crippen LogP contribution in [0.5, 0.6) is 0 Å². The molecular formula is C35H42Cl2N6O3. The number of aliphatic hydroxyl groups is 1. The number of rotatable bonds is 5. The summed E-state index contributed by atoms with van der Waals surface area (Å²) in [7, 11) is 0. The Morgan fingerprint density at radius 2 is 1.28 bits per heavy atom. The van der Waals surface area contributed by atoms with Crippen molar-refractivity contribution >= 4 is 29.1 Å². The van der Waals surface area contributed by atoms with Gasteiger partial charge in [-0.25, -0.2) is 9.97 Å². The summed E-state index contributed by atoms with van der Waals surface area (Å²) in [4.78, 5) is 28.3. The summed E-state index contributed by atoms with van der Waals surface area (Å²) in [5.41, 5.74) is 10.1. The van der Waals surface area contributed by atoms with E-state index in [1.165, 1.54) is 12.8 Å². The van der Waals surface area contributed by atoms with Gasteiger partial charge in [0.1, 0.15) is 21.7 Å². The van der Waals surface area contributed by atoms with Crippen LogP contribution in [0.2, 0.25) is 10.3 Å². The number of nitrogens with one attached hydrogen (secondary N) is 2. The standard InChI is InChI=1S/C18H12Cl2N4.C12H21NO2.2C2H2.CH5NO/c19-17-15(21-9-23-17)13-5-1-11(2-6-13)12-3-7-14(8-4-12)16-18(20)24-10-22-16;1-10-3-2-6-13(10)12(14)9-11-4-7-15-8-5-11;2*1-2;2-1-3/h1-10H,(H,21,23)(H,22,24);10-11H,2-9H2,1H3;2*1-2H;3H,1-2H2/t;10-;;;/m.0.../s1. The van der Waals surface area contributed by atoms with Crippen LogP contribution >= 0.6 is 23.2 Å². The number of halogens is 2. The number of amides is 1. The molecule has 1 amide bonds. The van der Waals surface area contributed by atoms with Crippen LogP contribution in [0.25, 0.3) is 33.6 Å². The summed E-state index contributed by atoms with van der Waals surface area (Å²) in [6.45, 7) is 4.57. The highest BCUT2D eigenvalue weighted by molar-refractivity contribution is 6.32. The van der Waals surface area contributed by atoms with Gasteiger partial charge in [0, 0.05) is 43.3 Å². The number of aliphatic hydroxyl groups excluding tert-OH is 1. The van der Waals surface area contributed by atoms with Crippen molar-refractivity contribution in [3.05, 3.63) is 71.5 Å². The fourth-order valence-electron chi connectivity index (χ4n) is 5.22. The molecule has 0 unspecified atom stereocenters. The van der Waals surface area contributed by atoms with Gasteiger partial charge in [-0.15, -0.1) is 25.7 Å². The number of aromatic amines is 2. The third-order valence-corrected chi connectivity index (χ3v) is 8.09. The lowest BCUT2D eigenvalue weighted by Gasteiger charge is -2.26. The molecule has 0 radical (unpaired) electrons. The Bertz CT molecular complexity index is 1390. The quantitative estimate of drug-likeness (QED) is 0.139. The lowest BCUT2D eigenvalue weighted by atomic mass is 9.96. The molecule has 2 aliphatic heterocycles. The second-order valence-corrected chi connectivity index (χ2v) is 11.1. The van der Waals surface area contributed by atoms with E-state index in [1.54, 1.807) is 12.7 Å². The predicted molar refractivity (Wildman–Crippen MR) is 187 cm³/mol. The first-order valence-corrected chi connectivity index (χ1v) is 15.6. The van der Waals surface area contributed by atoms with Crippen LogP contribution in [0.1, 0.15) is 39.0 Å². The first kappa shape index (κ1) is 38.1. The van der Waals surface area contributed by atoms with E-state index in [9.17, 15) is 4.79 Å². The van der Waals surface area contributed by atoms with Gasteiger partial charge in [0.15, 0.2) is 0 Å². The van der Waals surface area contributed by atoms with Crippen LogP contribution in [-0.2, 0) is 9.53 Å². The Morgan fingerprint density at radius 3 is 1.63 bits per heavy atom. The van der Waals surface area contributed by atoms with Gasteiger partial charge < -0.3 is 30.4 Å². The molecule has 0 saturated carbocycles. The zero-order valence-electron chi connectivity index (χ0n) is 26.0. The summed E-state index contributed by atoms with van der Waals surface area (Å²) < 4.78 is 5.30. The van der Waals surface area contributed by atoms with E-state index in [2.05, 4.69) is 87.5 Å². The molecule has 2 aliphatic rings. The smallest absolute Gasteiger partial charge is 0.223 e. The van der Waals surface area contributed by atoms with Crippen molar-refractivity contribution in [2.24, 2.45) is 11.7 Å². The van der Waals surface area contributed by atoms with Crippen molar-refractivity contribution in [3.63, 3.8) is 0 Å². The highest BCUT2D eigenvalue weighted by Gasteiger charge is 2.27. The van der Waals surface area contributed by atoms with Crippen LogP contribution in [0.3, 0.4) is 0 Å². The molecule has 0 bridgehead atoms. The van der Waals surface area contributed by atoms with Crippen molar-refractivity contribution in [3.8, 4) is 59.3 Å². The Balaban J connectivity index is 0.000000288. The number of nitrogens with two attached hydrogens (primary N) is 1. The first-order chi connectivity index (χ1) is 22.4. The van der Waals surface area contributed by atoms with E-state index in [0.29, 0.717) is 28.2 Å². The molecule has 2 fully saturated rings. The molecule has 1 atom stereocenters. The maximum Gasteiger partial charge on any atom is 0.223 e. The molecule has 2 saturated heterocycles. The number of benzene rings is 2. The number of hydrogen-bond donors (Lipinski definition) is 4. The van der Waals surface area contributed by atoms with Crippen LogP contribution < -0.4 is 5.73 Å². The summed E-state index contributed by atoms with van der Waals surface area (Å²) >= 11 is 12.1. The van der Waals surface area contributed by atoms with Crippen molar-refractivity contribution in [2.75, 3.05) is 26.5 Å². The Morgan fingerprint density at radius 1 is 0.870 bits per heavy atom. The number of aromatic nitrogens is 4. The molecule has 0 aliphatic carbocycles. The average molecular weight is 666 g/mol. The topological polar surface area (TPSA) is 133 Å². The number of carbonyl (C=O) groups is 1. The van der Waals surface area contributed by atoms with E-state index < -0.39 is 0 Å². The van der Waals surface area contributed by atoms with Crippen LogP contribution in [-0.4, -0.2) is 68.4 Å². The van der Waals surface area contributed by atoms with Gasteiger partial charge in [0.05, 0.1) is 19.4 Å².